The normalized spacial score (nSPS) is 44.8. The number of carbonyl (C=O) groups is 2. The highest BCUT2D eigenvalue weighted by Gasteiger charge is 2.63. The lowest BCUT2D eigenvalue weighted by molar-refractivity contribution is -0.147. The first-order valence-corrected chi connectivity index (χ1v) is 10.9. The van der Waals surface area contributed by atoms with Gasteiger partial charge in [-0.25, -0.2) is 0 Å². The number of aliphatic hydroxyl groups is 1. The number of allylic oxidation sites excluding steroid dienone is 4. The van der Waals surface area contributed by atoms with Crippen LogP contribution < -0.4 is 0 Å². The van der Waals surface area contributed by atoms with E-state index < -0.39 is 5.60 Å². The Morgan fingerprint density at radius 1 is 1.21 bits per heavy atom. The minimum Gasteiger partial charge on any atom is -0.469 e. The molecule has 0 aliphatic heterocycles. The summed E-state index contributed by atoms with van der Waals surface area (Å²) in [6, 6.07) is 0. The molecule has 6 atom stereocenters. The van der Waals surface area contributed by atoms with E-state index in [1.54, 1.807) is 0 Å². The van der Waals surface area contributed by atoms with E-state index in [-0.39, 0.29) is 29.0 Å². The molecule has 4 rings (SSSR count). The lowest BCUT2D eigenvalue weighted by Gasteiger charge is -2.58. The molecule has 0 bridgehead atoms. The SMILES string of the molecule is COC(=O)CC[C@@]1(O)CC[C@H]2[C@@H]3C=C(C)C4=CC(=O)CC[C@]4(C)[C@H]3CC[C@@]21C. The van der Waals surface area contributed by atoms with Gasteiger partial charge in [-0.3, -0.25) is 9.59 Å². The average molecular weight is 387 g/mol. The van der Waals surface area contributed by atoms with Crippen molar-refractivity contribution in [3.8, 4) is 0 Å². The fourth-order valence-corrected chi connectivity index (χ4v) is 7.35. The number of rotatable bonds is 3. The zero-order valence-corrected chi connectivity index (χ0v) is 17.7. The number of hydrogen-bond acceptors (Lipinski definition) is 4. The number of methoxy groups -OCH3 is 1. The lowest BCUT2D eigenvalue weighted by atomic mass is 9.47. The number of esters is 1. The van der Waals surface area contributed by atoms with Gasteiger partial charge in [0.1, 0.15) is 0 Å². The third-order valence-electron chi connectivity index (χ3n) is 9.12. The predicted octanol–water partition coefficient (Wildman–Crippen LogP) is 4.37. The minimum absolute atomic E-state index is 0.0749. The molecule has 28 heavy (non-hydrogen) atoms. The fraction of sp³-hybridized carbons (Fsp3) is 0.750. The molecule has 0 unspecified atom stereocenters. The molecule has 4 aliphatic carbocycles. The summed E-state index contributed by atoms with van der Waals surface area (Å²) >= 11 is 0. The first kappa shape index (κ1) is 19.9. The van der Waals surface area contributed by atoms with E-state index in [9.17, 15) is 14.7 Å². The highest BCUT2D eigenvalue weighted by molar-refractivity contribution is 5.92. The molecule has 4 nitrogen and oxygen atoms in total. The number of ether oxygens (including phenoxy) is 1. The topological polar surface area (TPSA) is 63.6 Å². The van der Waals surface area contributed by atoms with Gasteiger partial charge < -0.3 is 9.84 Å². The largest absolute Gasteiger partial charge is 0.469 e. The summed E-state index contributed by atoms with van der Waals surface area (Å²) in [4.78, 5) is 23.8. The maximum Gasteiger partial charge on any atom is 0.305 e. The molecule has 4 heteroatoms. The van der Waals surface area contributed by atoms with Crippen LogP contribution in [-0.2, 0) is 14.3 Å². The van der Waals surface area contributed by atoms with Crippen LogP contribution in [0.5, 0.6) is 0 Å². The van der Waals surface area contributed by atoms with Gasteiger partial charge >= 0.3 is 5.97 Å². The van der Waals surface area contributed by atoms with Crippen LogP contribution in [0.25, 0.3) is 0 Å². The van der Waals surface area contributed by atoms with Crippen LogP contribution in [0.1, 0.15) is 72.1 Å². The van der Waals surface area contributed by atoms with Crippen molar-refractivity contribution < 1.29 is 19.4 Å². The van der Waals surface area contributed by atoms with Gasteiger partial charge in [0.25, 0.3) is 0 Å². The van der Waals surface area contributed by atoms with Gasteiger partial charge in [-0.15, -0.1) is 0 Å². The average Bonchev–Trinajstić information content (AvgIpc) is 2.93. The molecular weight excluding hydrogens is 352 g/mol. The van der Waals surface area contributed by atoms with E-state index in [1.165, 1.54) is 18.3 Å². The van der Waals surface area contributed by atoms with Crippen molar-refractivity contribution in [3.63, 3.8) is 0 Å². The van der Waals surface area contributed by atoms with E-state index in [1.807, 2.05) is 6.08 Å². The summed E-state index contributed by atoms with van der Waals surface area (Å²) in [5.41, 5.74) is 1.63. The monoisotopic (exact) mass is 386 g/mol. The van der Waals surface area contributed by atoms with E-state index in [4.69, 9.17) is 4.74 Å². The molecule has 0 amide bonds. The highest BCUT2D eigenvalue weighted by atomic mass is 16.5. The van der Waals surface area contributed by atoms with E-state index >= 15 is 0 Å². The van der Waals surface area contributed by atoms with Crippen molar-refractivity contribution in [2.75, 3.05) is 7.11 Å². The van der Waals surface area contributed by atoms with Gasteiger partial charge in [-0.1, -0.05) is 25.5 Å². The van der Waals surface area contributed by atoms with Crippen LogP contribution >= 0.6 is 0 Å². The molecule has 154 valence electrons. The summed E-state index contributed by atoms with van der Waals surface area (Å²) in [7, 11) is 1.41. The minimum atomic E-state index is -0.794. The number of ketones is 1. The Kier molecular flexibility index (Phi) is 4.65. The van der Waals surface area contributed by atoms with Crippen molar-refractivity contribution in [2.45, 2.75) is 77.7 Å². The quantitative estimate of drug-likeness (QED) is 0.732. The van der Waals surface area contributed by atoms with Crippen molar-refractivity contribution >= 4 is 11.8 Å². The first-order chi connectivity index (χ1) is 13.1. The second kappa shape index (κ2) is 6.55. The van der Waals surface area contributed by atoms with Crippen LogP contribution in [-0.4, -0.2) is 29.6 Å². The van der Waals surface area contributed by atoms with Crippen LogP contribution in [0.3, 0.4) is 0 Å². The summed E-state index contributed by atoms with van der Waals surface area (Å²) in [6.45, 7) is 6.77. The summed E-state index contributed by atoms with van der Waals surface area (Å²) < 4.78 is 4.81. The van der Waals surface area contributed by atoms with Crippen molar-refractivity contribution in [1.82, 2.24) is 0 Å². The van der Waals surface area contributed by atoms with Gasteiger partial charge in [-0.05, 0) is 85.7 Å². The van der Waals surface area contributed by atoms with Gasteiger partial charge in [0.05, 0.1) is 12.7 Å². The maximum atomic E-state index is 12.1. The smallest absolute Gasteiger partial charge is 0.305 e. The van der Waals surface area contributed by atoms with Crippen LogP contribution in [0.4, 0.5) is 0 Å². The van der Waals surface area contributed by atoms with Gasteiger partial charge in [0.15, 0.2) is 5.78 Å². The number of hydrogen-bond donors (Lipinski definition) is 1. The molecular formula is C24H34O4. The van der Waals surface area contributed by atoms with Gasteiger partial charge in [0.2, 0.25) is 0 Å². The molecule has 0 aromatic carbocycles. The molecule has 2 fully saturated rings. The molecule has 0 saturated heterocycles. The van der Waals surface area contributed by atoms with Crippen LogP contribution in [0.15, 0.2) is 23.3 Å². The Labute approximate surface area is 168 Å². The standard InChI is InChI=1S/C24H34O4/c1-15-13-17-18(22(2)9-5-16(25)14-20(15)22)6-10-23(3)19(17)7-11-24(23,27)12-8-21(26)28-4/h13-14,17-19,27H,5-12H2,1-4H3/t17-,18+,19+,22-,23+,24+/m1/s1. The highest BCUT2D eigenvalue weighted by Crippen LogP contribution is 2.67. The first-order valence-electron chi connectivity index (χ1n) is 10.9. The Morgan fingerprint density at radius 3 is 2.64 bits per heavy atom. The Hall–Kier alpha value is -1.42. The Bertz CT molecular complexity index is 765. The van der Waals surface area contributed by atoms with Crippen molar-refractivity contribution in [3.05, 3.63) is 23.3 Å². The fourth-order valence-electron chi connectivity index (χ4n) is 7.35. The lowest BCUT2D eigenvalue weighted by Crippen LogP contribution is -2.54. The maximum absolute atomic E-state index is 12.1. The molecule has 0 spiro atoms. The molecule has 2 saturated carbocycles. The van der Waals surface area contributed by atoms with Crippen molar-refractivity contribution in [1.29, 1.82) is 0 Å². The molecule has 0 radical (unpaired) electrons. The van der Waals surface area contributed by atoms with Gasteiger partial charge in [0, 0.05) is 12.8 Å². The second-order valence-corrected chi connectivity index (χ2v) is 10.2. The van der Waals surface area contributed by atoms with Crippen LogP contribution in [0.2, 0.25) is 0 Å². The Balaban J connectivity index is 1.66. The molecule has 0 aromatic heterocycles. The van der Waals surface area contributed by atoms with Gasteiger partial charge in [-0.2, -0.15) is 0 Å². The molecule has 4 aliphatic rings. The molecule has 0 aromatic rings. The molecule has 0 heterocycles. The van der Waals surface area contributed by atoms with E-state index in [0.717, 1.165) is 32.1 Å². The number of carbonyl (C=O) groups excluding carboxylic acids is 2. The van der Waals surface area contributed by atoms with E-state index in [0.29, 0.717) is 30.6 Å². The summed E-state index contributed by atoms with van der Waals surface area (Å²) in [6.07, 6.45) is 10.5. The second-order valence-electron chi connectivity index (χ2n) is 10.2. The third-order valence-corrected chi connectivity index (χ3v) is 9.12. The molecule has 1 N–H and O–H groups in total. The third kappa shape index (κ3) is 2.67. The summed E-state index contributed by atoms with van der Waals surface area (Å²) in [5, 5.41) is 11.6. The summed E-state index contributed by atoms with van der Waals surface area (Å²) in [5.74, 6) is 1.44. The van der Waals surface area contributed by atoms with E-state index in [2.05, 4.69) is 26.8 Å². The zero-order chi connectivity index (χ0) is 20.3. The van der Waals surface area contributed by atoms with Crippen LogP contribution in [0, 0.1) is 28.6 Å². The van der Waals surface area contributed by atoms with Crippen molar-refractivity contribution in [2.24, 2.45) is 28.6 Å². The predicted molar refractivity (Wildman–Crippen MR) is 107 cm³/mol. The zero-order valence-electron chi connectivity index (χ0n) is 17.7. The Morgan fingerprint density at radius 2 is 1.93 bits per heavy atom. The number of fused-ring (bicyclic) bond motifs is 5.